The van der Waals surface area contributed by atoms with Crippen molar-refractivity contribution in [2.75, 3.05) is 6.54 Å². The molecular weight excluding hydrogens is 204 g/mol. The first kappa shape index (κ1) is 12.1. The van der Waals surface area contributed by atoms with Gasteiger partial charge in [0.05, 0.1) is 6.07 Å². The number of nitrogens with zero attached hydrogens (tertiary/aromatic N) is 1. The van der Waals surface area contributed by atoms with Gasteiger partial charge < -0.3 is 10.1 Å². The van der Waals surface area contributed by atoms with Crippen LogP contribution in [0, 0.1) is 32.1 Å². The molecule has 1 amide bonds. The molecule has 4 nitrogen and oxygen atoms in total. The number of benzene rings is 1. The number of carbonyl (C=O) groups excluding carboxylic acids is 1. The topological polar surface area (TPSA) is 62.1 Å². The Labute approximate surface area is 94.8 Å². The van der Waals surface area contributed by atoms with Gasteiger partial charge in [-0.15, -0.1) is 0 Å². The maximum absolute atomic E-state index is 11.3. The second kappa shape index (κ2) is 5.17. The monoisotopic (exact) mass is 218 g/mol. The molecule has 0 aliphatic rings. The van der Waals surface area contributed by atoms with Gasteiger partial charge in [-0.05, 0) is 37.5 Å². The largest absolute Gasteiger partial charge is 0.413 e. The summed E-state index contributed by atoms with van der Waals surface area (Å²) in [6.45, 7) is 5.67. The second-order valence-corrected chi connectivity index (χ2v) is 3.55. The fourth-order valence-corrected chi connectivity index (χ4v) is 1.32. The molecule has 0 heterocycles. The molecule has 1 aromatic rings. The zero-order valence-corrected chi connectivity index (χ0v) is 9.63. The van der Waals surface area contributed by atoms with Crippen LogP contribution in [0.1, 0.15) is 16.7 Å². The molecule has 0 saturated heterocycles. The van der Waals surface area contributed by atoms with Gasteiger partial charge in [0.25, 0.3) is 0 Å². The Morgan fingerprint density at radius 1 is 1.38 bits per heavy atom. The van der Waals surface area contributed by atoms with Gasteiger partial charge in [0.2, 0.25) is 0 Å². The summed E-state index contributed by atoms with van der Waals surface area (Å²) in [4.78, 5) is 11.3. The Hall–Kier alpha value is -2.02. The zero-order chi connectivity index (χ0) is 12.1. The van der Waals surface area contributed by atoms with Crippen molar-refractivity contribution < 1.29 is 9.53 Å². The molecule has 0 unspecified atom stereocenters. The van der Waals surface area contributed by atoms with Gasteiger partial charge in [0.1, 0.15) is 12.3 Å². The van der Waals surface area contributed by atoms with Crippen LogP contribution in [0.5, 0.6) is 5.75 Å². The van der Waals surface area contributed by atoms with E-state index in [1.807, 2.05) is 39.0 Å². The van der Waals surface area contributed by atoms with E-state index in [0.29, 0.717) is 5.75 Å². The number of nitrogens with one attached hydrogen (secondary N) is 1. The third-order valence-electron chi connectivity index (χ3n) is 2.38. The van der Waals surface area contributed by atoms with Crippen LogP contribution >= 0.6 is 0 Å². The molecule has 1 N–H and O–H groups in total. The molecule has 0 saturated carbocycles. The van der Waals surface area contributed by atoms with Crippen LogP contribution in [-0.2, 0) is 0 Å². The lowest BCUT2D eigenvalue weighted by molar-refractivity contribution is 0.201. The Morgan fingerprint density at radius 3 is 2.62 bits per heavy atom. The molecule has 0 aromatic heterocycles. The van der Waals surface area contributed by atoms with Gasteiger partial charge >= 0.3 is 6.09 Å². The molecule has 16 heavy (non-hydrogen) atoms. The second-order valence-electron chi connectivity index (χ2n) is 3.55. The molecule has 0 spiro atoms. The van der Waals surface area contributed by atoms with Crippen LogP contribution in [0.2, 0.25) is 0 Å². The molecule has 84 valence electrons. The summed E-state index contributed by atoms with van der Waals surface area (Å²) < 4.78 is 5.16. The Kier molecular flexibility index (Phi) is 3.90. The van der Waals surface area contributed by atoms with Crippen molar-refractivity contribution in [2.45, 2.75) is 20.8 Å². The van der Waals surface area contributed by atoms with Crippen LogP contribution in [-0.4, -0.2) is 12.6 Å². The predicted molar refractivity (Wildman–Crippen MR) is 60.3 cm³/mol. The summed E-state index contributed by atoms with van der Waals surface area (Å²) in [7, 11) is 0. The fraction of sp³-hybridized carbons (Fsp3) is 0.333. The Bertz CT molecular complexity index is 447. The number of amides is 1. The lowest BCUT2D eigenvalue weighted by Crippen LogP contribution is -2.27. The van der Waals surface area contributed by atoms with Crippen molar-refractivity contribution in [3.8, 4) is 11.8 Å². The van der Waals surface area contributed by atoms with Crippen LogP contribution < -0.4 is 10.1 Å². The highest BCUT2D eigenvalue weighted by molar-refractivity contribution is 5.71. The van der Waals surface area contributed by atoms with E-state index in [1.165, 1.54) is 0 Å². The normalized spacial score (nSPS) is 9.38. The number of carbonyl (C=O) groups is 1. The highest BCUT2D eigenvalue weighted by atomic mass is 16.6. The standard InChI is InChI=1S/C12H14N2O2/c1-8-4-5-9(2)11(10(8)3)16-12(15)14-7-6-13/h4-5H,7H2,1-3H3,(H,14,15). The third-order valence-corrected chi connectivity index (χ3v) is 2.38. The number of hydrogen-bond acceptors (Lipinski definition) is 3. The van der Waals surface area contributed by atoms with Gasteiger partial charge in [-0.1, -0.05) is 12.1 Å². The van der Waals surface area contributed by atoms with Crippen LogP contribution in [0.15, 0.2) is 12.1 Å². The predicted octanol–water partition coefficient (Wildman–Crippen LogP) is 2.22. The van der Waals surface area contributed by atoms with E-state index < -0.39 is 6.09 Å². The summed E-state index contributed by atoms with van der Waals surface area (Å²) in [5, 5.41) is 10.6. The molecule has 0 radical (unpaired) electrons. The molecule has 0 aliphatic heterocycles. The van der Waals surface area contributed by atoms with Crippen molar-refractivity contribution in [1.82, 2.24) is 5.32 Å². The maximum atomic E-state index is 11.3. The van der Waals surface area contributed by atoms with E-state index in [2.05, 4.69) is 5.32 Å². The first-order valence-electron chi connectivity index (χ1n) is 4.95. The molecule has 1 aromatic carbocycles. The van der Waals surface area contributed by atoms with E-state index in [9.17, 15) is 4.79 Å². The molecule has 4 heteroatoms. The molecule has 1 rings (SSSR count). The summed E-state index contributed by atoms with van der Waals surface area (Å²) in [6, 6.07) is 5.69. The molecule has 0 atom stereocenters. The number of hydrogen-bond donors (Lipinski definition) is 1. The van der Waals surface area contributed by atoms with E-state index in [-0.39, 0.29) is 6.54 Å². The fourth-order valence-electron chi connectivity index (χ4n) is 1.32. The first-order chi connectivity index (χ1) is 7.56. The van der Waals surface area contributed by atoms with Crippen molar-refractivity contribution >= 4 is 6.09 Å². The third kappa shape index (κ3) is 2.74. The lowest BCUT2D eigenvalue weighted by Gasteiger charge is -2.12. The first-order valence-corrected chi connectivity index (χ1v) is 4.95. The Balaban J connectivity index is 2.85. The molecule has 0 fully saturated rings. The smallest absolute Gasteiger partial charge is 0.410 e. The van der Waals surface area contributed by atoms with Crippen LogP contribution in [0.3, 0.4) is 0 Å². The SMILES string of the molecule is Cc1ccc(C)c(OC(=O)NCC#N)c1C. The number of aryl methyl sites for hydroxylation is 2. The van der Waals surface area contributed by atoms with Crippen molar-refractivity contribution in [1.29, 1.82) is 5.26 Å². The zero-order valence-electron chi connectivity index (χ0n) is 9.63. The lowest BCUT2D eigenvalue weighted by atomic mass is 10.1. The summed E-state index contributed by atoms with van der Waals surface area (Å²) in [6.07, 6.45) is -0.599. The van der Waals surface area contributed by atoms with Gasteiger partial charge in [-0.25, -0.2) is 4.79 Å². The van der Waals surface area contributed by atoms with Crippen LogP contribution in [0.25, 0.3) is 0 Å². The number of rotatable bonds is 2. The van der Waals surface area contributed by atoms with Crippen molar-refractivity contribution in [3.05, 3.63) is 28.8 Å². The summed E-state index contributed by atoms with van der Waals surface area (Å²) in [5.74, 6) is 0.565. The van der Waals surface area contributed by atoms with Gasteiger partial charge in [-0.2, -0.15) is 5.26 Å². The van der Waals surface area contributed by atoms with E-state index in [1.54, 1.807) is 0 Å². The van der Waals surface area contributed by atoms with Gasteiger partial charge in [0, 0.05) is 0 Å². The van der Waals surface area contributed by atoms with Crippen LogP contribution in [0.4, 0.5) is 4.79 Å². The van der Waals surface area contributed by atoms with E-state index in [4.69, 9.17) is 10.00 Å². The Morgan fingerprint density at radius 2 is 2.00 bits per heavy atom. The average molecular weight is 218 g/mol. The van der Waals surface area contributed by atoms with Gasteiger partial charge in [-0.3, -0.25) is 0 Å². The summed E-state index contributed by atoms with van der Waals surface area (Å²) >= 11 is 0. The molecule has 0 aliphatic carbocycles. The molecular formula is C12H14N2O2. The van der Waals surface area contributed by atoms with E-state index >= 15 is 0 Å². The average Bonchev–Trinajstić information content (AvgIpc) is 2.27. The number of ether oxygens (including phenoxy) is 1. The minimum Gasteiger partial charge on any atom is -0.410 e. The quantitative estimate of drug-likeness (QED) is 0.774. The molecule has 0 bridgehead atoms. The number of nitriles is 1. The van der Waals surface area contributed by atoms with E-state index in [0.717, 1.165) is 16.7 Å². The highest BCUT2D eigenvalue weighted by Gasteiger charge is 2.10. The van der Waals surface area contributed by atoms with Crippen molar-refractivity contribution in [3.63, 3.8) is 0 Å². The maximum Gasteiger partial charge on any atom is 0.413 e. The summed E-state index contributed by atoms with van der Waals surface area (Å²) in [5.41, 5.74) is 2.90. The van der Waals surface area contributed by atoms with Crippen molar-refractivity contribution in [2.24, 2.45) is 0 Å². The van der Waals surface area contributed by atoms with Gasteiger partial charge in [0.15, 0.2) is 0 Å². The highest BCUT2D eigenvalue weighted by Crippen LogP contribution is 2.25. The minimum absolute atomic E-state index is 0.0528. The minimum atomic E-state index is -0.599.